The van der Waals surface area contributed by atoms with Gasteiger partial charge < -0.3 is 9.64 Å². The molecule has 0 amide bonds. The Kier molecular flexibility index (Phi) is 2.25. The molecule has 0 aliphatic carbocycles. The van der Waals surface area contributed by atoms with E-state index < -0.39 is 0 Å². The highest BCUT2D eigenvalue weighted by molar-refractivity contribution is 5.86. The molecule has 0 radical (unpaired) electrons. The smallest absolute Gasteiger partial charge is 0.333 e. The zero-order valence-corrected chi connectivity index (χ0v) is 8.88. The molecule has 78 valence electrons. The molecule has 2 aliphatic heterocycles. The van der Waals surface area contributed by atoms with Gasteiger partial charge in [-0.2, -0.15) is 0 Å². The SMILES string of the molecule is CC[C@@]1(C)OC(=O)C=C1N1CCCC1. The summed E-state index contributed by atoms with van der Waals surface area (Å²) in [6, 6.07) is 0. The summed E-state index contributed by atoms with van der Waals surface area (Å²) in [6.45, 7) is 6.20. The third-order valence-electron chi connectivity index (χ3n) is 3.24. The minimum Gasteiger partial charge on any atom is -0.450 e. The van der Waals surface area contributed by atoms with Gasteiger partial charge in [0, 0.05) is 19.2 Å². The van der Waals surface area contributed by atoms with E-state index in [4.69, 9.17) is 4.74 Å². The van der Waals surface area contributed by atoms with Crippen LogP contribution in [0.2, 0.25) is 0 Å². The van der Waals surface area contributed by atoms with Gasteiger partial charge >= 0.3 is 5.97 Å². The third-order valence-corrected chi connectivity index (χ3v) is 3.24. The highest BCUT2D eigenvalue weighted by Gasteiger charge is 2.40. The van der Waals surface area contributed by atoms with Gasteiger partial charge in [-0.1, -0.05) is 6.92 Å². The van der Waals surface area contributed by atoms with Crippen LogP contribution in [-0.4, -0.2) is 29.6 Å². The largest absolute Gasteiger partial charge is 0.450 e. The number of esters is 1. The van der Waals surface area contributed by atoms with Gasteiger partial charge in [-0.3, -0.25) is 0 Å². The van der Waals surface area contributed by atoms with Gasteiger partial charge in [0.1, 0.15) is 5.60 Å². The minimum atomic E-state index is -0.374. The molecular weight excluding hydrogens is 178 g/mol. The lowest BCUT2D eigenvalue weighted by Crippen LogP contribution is -2.35. The lowest BCUT2D eigenvalue weighted by molar-refractivity contribution is -0.145. The Hall–Kier alpha value is -0.990. The molecule has 0 spiro atoms. The highest BCUT2D eigenvalue weighted by Crippen LogP contribution is 2.34. The first-order chi connectivity index (χ1) is 6.65. The van der Waals surface area contributed by atoms with Gasteiger partial charge in [-0.25, -0.2) is 4.79 Å². The van der Waals surface area contributed by atoms with Crippen molar-refractivity contribution in [2.75, 3.05) is 13.1 Å². The lowest BCUT2D eigenvalue weighted by atomic mass is 9.99. The summed E-state index contributed by atoms with van der Waals surface area (Å²) in [5, 5.41) is 0. The van der Waals surface area contributed by atoms with Crippen LogP contribution in [0, 0.1) is 0 Å². The number of hydrogen-bond donors (Lipinski definition) is 0. The Morgan fingerprint density at radius 2 is 2.14 bits per heavy atom. The van der Waals surface area contributed by atoms with Gasteiger partial charge in [-0.15, -0.1) is 0 Å². The summed E-state index contributed by atoms with van der Waals surface area (Å²) in [4.78, 5) is 13.5. The van der Waals surface area contributed by atoms with Crippen LogP contribution in [0.15, 0.2) is 11.8 Å². The van der Waals surface area contributed by atoms with Crippen LogP contribution < -0.4 is 0 Å². The number of carbonyl (C=O) groups is 1. The van der Waals surface area contributed by atoms with E-state index in [0.29, 0.717) is 0 Å². The van der Waals surface area contributed by atoms with Crippen LogP contribution in [0.5, 0.6) is 0 Å². The number of cyclic esters (lactones) is 1. The van der Waals surface area contributed by atoms with Crippen LogP contribution >= 0.6 is 0 Å². The van der Waals surface area contributed by atoms with E-state index in [1.807, 2.05) is 6.92 Å². The summed E-state index contributed by atoms with van der Waals surface area (Å²) in [5.74, 6) is -0.184. The maximum atomic E-state index is 11.3. The first-order valence-corrected chi connectivity index (χ1v) is 5.36. The molecule has 0 saturated carbocycles. The second kappa shape index (κ2) is 3.30. The summed E-state index contributed by atoms with van der Waals surface area (Å²) >= 11 is 0. The molecule has 3 heteroatoms. The van der Waals surface area contributed by atoms with Gasteiger partial charge in [0.2, 0.25) is 0 Å². The number of likely N-dealkylation sites (tertiary alicyclic amines) is 1. The van der Waals surface area contributed by atoms with Crippen molar-refractivity contribution < 1.29 is 9.53 Å². The first kappa shape index (κ1) is 9.56. The third kappa shape index (κ3) is 1.41. The van der Waals surface area contributed by atoms with E-state index in [1.54, 1.807) is 6.08 Å². The molecule has 0 aromatic heterocycles. The van der Waals surface area contributed by atoms with Crippen molar-refractivity contribution in [1.82, 2.24) is 4.90 Å². The number of ether oxygens (including phenoxy) is 1. The molecular formula is C11H17NO2. The van der Waals surface area contributed by atoms with Crippen LogP contribution in [0.1, 0.15) is 33.1 Å². The fourth-order valence-corrected chi connectivity index (χ4v) is 2.21. The van der Waals surface area contributed by atoms with E-state index in [-0.39, 0.29) is 11.6 Å². The molecule has 14 heavy (non-hydrogen) atoms. The molecule has 0 unspecified atom stereocenters. The molecule has 0 N–H and O–H groups in total. The predicted octanol–water partition coefficient (Wildman–Crippen LogP) is 1.69. The van der Waals surface area contributed by atoms with Crippen molar-refractivity contribution in [3.63, 3.8) is 0 Å². The topological polar surface area (TPSA) is 29.5 Å². The standard InChI is InChI=1S/C11H17NO2/c1-3-11(2)9(8-10(13)14-11)12-6-4-5-7-12/h8H,3-7H2,1-2H3/t11-/m1/s1. The van der Waals surface area contributed by atoms with Crippen molar-refractivity contribution in [2.45, 2.75) is 38.7 Å². The summed E-state index contributed by atoms with van der Waals surface area (Å²) in [5.41, 5.74) is 0.712. The zero-order chi connectivity index (χ0) is 10.2. The number of rotatable bonds is 2. The van der Waals surface area contributed by atoms with Gasteiger partial charge in [0.05, 0.1) is 5.70 Å². The molecule has 0 aromatic carbocycles. The number of hydrogen-bond acceptors (Lipinski definition) is 3. The van der Waals surface area contributed by atoms with E-state index in [1.165, 1.54) is 12.8 Å². The number of carbonyl (C=O) groups excluding carboxylic acids is 1. The van der Waals surface area contributed by atoms with Crippen molar-refractivity contribution in [3.05, 3.63) is 11.8 Å². The summed E-state index contributed by atoms with van der Waals surface area (Å²) < 4.78 is 5.35. The number of nitrogens with zero attached hydrogens (tertiary/aromatic N) is 1. The zero-order valence-electron chi connectivity index (χ0n) is 8.88. The highest BCUT2D eigenvalue weighted by atomic mass is 16.6. The molecule has 2 rings (SSSR count). The van der Waals surface area contributed by atoms with Crippen molar-refractivity contribution in [2.24, 2.45) is 0 Å². The van der Waals surface area contributed by atoms with E-state index in [0.717, 1.165) is 25.2 Å². The fourth-order valence-electron chi connectivity index (χ4n) is 2.21. The Balaban J connectivity index is 2.22. The first-order valence-electron chi connectivity index (χ1n) is 5.36. The molecule has 1 fully saturated rings. The minimum absolute atomic E-state index is 0.184. The molecule has 0 bridgehead atoms. The Bertz CT molecular complexity index is 279. The molecule has 2 aliphatic rings. The van der Waals surface area contributed by atoms with Crippen molar-refractivity contribution in [3.8, 4) is 0 Å². The fraction of sp³-hybridized carbons (Fsp3) is 0.727. The predicted molar refractivity (Wildman–Crippen MR) is 53.7 cm³/mol. The Morgan fingerprint density at radius 1 is 1.50 bits per heavy atom. The average Bonchev–Trinajstić information content (AvgIpc) is 2.73. The molecule has 0 aromatic rings. The maximum absolute atomic E-state index is 11.3. The monoisotopic (exact) mass is 195 g/mol. The second-order valence-corrected chi connectivity index (χ2v) is 4.23. The van der Waals surface area contributed by atoms with E-state index in [2.05, 4.69) is 11.8 Å². The van der Waals surface area contributed by atoms with Gasteiger partial charge in [-0.05, 0) is 26.2 Å². The Labute approximate surface area is 84.7 Å². The van der Waals surface area contributed by atoms with Crippen LogP contribution in [0.25, 0.3) is 0 Å². The van der Waals surface area contributed by atoms with Gasteiger partial charge in [0.15, 0.2) is 0 Å². The second-order valence-electron chi connectivity index (χ2n) is 4.23. The lowest BCUT2D eigenvalue weighted by Gasteiger charge is -2.31. The average molecular weight is 195 g/mol. The van der Waals surface area contributed by atoms with Crippen LogP contribution in [0.3, 0.4) is 0 Å². The molecule has 1 saturated heterocycles. The van der Waals surface area contributed by atoms with Crippen LogP contribution in [-0.2, 0) is 9.53 Å². The molecule has 1 atom stereocenters. The Morgan fingerprint density at radius 3 is 2.71 bits per heavy atom. The normalized spacial score (nSPS) is 32.0. The van der Waals surface area contributed by atoms with Crippen molar-refractivity contribution >= 4 is 5.97 Å². The van der Waals surface area contributed by atoms with Crippen molar-refractivity contribution in [1.29, 1.82) is 0 Å². The quantitative estimate of drug-likeness (QED) is 0.628. The molecule has 3 nitrogen and oxygen atoms in total. The molecule has 2 heterocycles. The van der Waals surface area contributed by atoms with E-state index >= 15 is 0 Å². The van der Waals surface area contributed by atoms with E-state index in [9.17, 15) is 4.79 Å². The summed E-state index contributed by atoms with van der Waals surface area (Å²) in [6.07, 6.45) is 4.96. The van der Waals surface area contributed by atoms with Crippen LogP contribution in [0.4, 0.5) is 0 Å². The summed E-state index contributed by atoms with van der Waals surface area (Å²) in [7, 11) is 0. The maximum Gasteiger partial charge on any atom is 0.333 e. The van der Waals surface area contributed by atoms with Gasteiger partial charge in [0.25, 0.3) is 0 Å².